The molecule has 0 aromatic heterocycles. The summed E-state index contributed by atoms with van der Waals surface area (Å²) in [6.07, 6.45) is 0. The molecule has 0 radical (unpaired) electrons. The van der Waals surface area contributed by atoms with E-state index in [9.17, 15) is 0 Å². The fourth-order valence-electron chi connectivity index (χ4n) is 1.42. The fraction of sp³-hybridized carbons (Fsp3) is 0.231. The molecule has 1 heteroatoms. The van der Waals surface area contributed by atoms with Crippen molar-refractivity contribution in [2.24, 2.45) is 5.73 Å². The molecule has 1 aromatic rings. The molecule has 0 aliphatic carbocycles. The summed E-state index contributed by atoms with van der Waals surface area (Å²) in [5.41, 5.74) is 9.95. The Labute approximate surface area is 85.3 Å². The Hall–Kier alpha value is -1.50. The van der Waals surface area contributed by atoms with E-state index in [1.54, 1.807) is 0 Å². The zero-order chi connectivity index (χ0) is 10.9. The van der Waals surface area contributed by atoms with Crippen LogP contribution in [0.15, 0.2) is 18.7 Å². The van der Waals surface area contributed by atoms with Crippen molar-refractivity contribution >= 4 is 17.8 Å². The lowest BCUT2D eigenvalue weighted by atomic mass is 10.0. The first-order valence-corrected chi connectivity index (χ1v) is 4.65. The lowest BCUT2D eigenvalue weighted by Crippen LogP contribution is -2.30. The molecule has 0 spiro atoms. The third-order valence-electron chi connectivity index (χ3n) is 2.39. The van der Waals surface area contributed by atoms with E-state index in [4.69, 9.17) is 5.73 Å². The highest BCUT2D eigenvalue weighted by molar-refractivity contribution is 5.63. The Kier molecular flexibility index (Phi) is 2.80. The summed E-state index contributed by atoms with van der Waals surface area (Å²) < 4.78 is 0. The van der Waals surface area contributed by atoms with E-state index in [-0.39, 0.29) is 0 Å². The van der Waals surface area contributed by atoms with Crippen LogP contribution in [0.5, 0.6) is 0 Å². The van der Waals surface area contributed by atoms with E-state index < -0.39 is 0 Å². The Morgan fingerprint density at radius 3 is 2.29 bits per heavy atom. The van der Waals surface area contributed by atoms with Gasteiger partial charge in [-0.15, -0.1) is 0 Å². The summed E-state index contributed by atoms with van der Waals surface area (Å²) in [6.45, 7) is 13.9. The average molecular weight is 187 g/mol. The summed E-state index contributed by atoms with van der Waals surface area (Å²) in [5.74, 6) is 0. The van der Waals surface area contributed by atoms with Crippen molar-refractivity contribution in [3.8, 4) is 0 Å². The number of nitrogens with two attached hydrogens (primary N) is 1. The first-order valence-electron chi connectivity index (χ1n) is 4.65. The first kappa shape index (κ1) is 10.6. The number of hydrogen-bond acceptors (Lipinski definition) is 1. The smallest absolute Gasteiger partial charge is 0.0129 e. The van der Waals surface area contributed by atoms with Crippen molar-refractivity contribution in [2.75, 3.05) is 0 Å². The van der Waals surface area contributed by atoms with Crippen molar-refractivity contribution in [1.29, 1.82) is 0 Å². The highest BCUT2D eigenvalue weighted by atomic mass is 14.5. The molecule has 0 amide bonds. The third-order valence-corrected chi connectivity index (χ3v) is 2.39. The van der Waals surface area contributed by atoms with Crippen LogP contribution in [0, 0.1) is 6.92 Å². The average Bonchev–Trinajstić information content (AvgIpc) is 2.08. The Morgan fingerprint density at radius 2 is 1.86 bits per heavy atom. The van der Waals surface area contributed by atoms with Gasteiger partial charge in [-0.1, -0.05) is 24.8 Å². The van der Waals surface area contributed by atoms with E-state index in [1.165, 1.54) is 0 Å². The van der Waals surface area contributed by atoms with Crippen LogP contribution in [0.4, 0.5) is 0 Å². The lowest BCUT2D eigenvalue weighted by molar-refractivity contribution is 1.32. The predicted molar refractivity (Wildman–Crippen MR) is 63.9 cm³/mol. The van der Waals surface area contributed by atoms with Gasteiger partial charge in [0.15, 0.2) is 0 Å². The van der Waals surface area contributed by atoms with Gasteiger partial charge < -0.3 is 5.73 Å². The quantitative estimate of drug-likeness (QED) is 0.709. The highest BCUT2D eigenvalue weighted by Crippen LogP contribution is 2.08. The number of aryl methyl sites for hydroxylation is 1. The number of hydrogen-bond donors (Lipinski definition) is 1. The van der Waals surface area contributed by atoms with Crippen molar-refractivity contribution in [3.63, 3.8) is 0 Å². The SMILES string of the molecule is C=C(C)c1cc(C)c(=C)/c(=C(\C)N)c1. The second kappa shape index (κ2) is 3.70. The lowest BCUT2D eigenvalue weighted by Gasteiger charge is -2.04. The molecule has 0 saturated heterocycles. The summed E-state index contributed by atoms with van der Waals surface area (Å²) in [6, 6.07) is 4.14. The Morgan fingerprint density at radius 1 is 1.29 bits per heavy atom. The van der Waals surface area contributed by atoms with Gasteiger partial charge in [0.2, 0.25) is 0 Å². The molecule has 0 bridgehead atoms. The van der Waals surface area contributed by atoms with Gasteiger partial charge in [0, 0.05) is 10.9 Å². The Bertz CT molecular complexity index is 477. The molecule has 1 rings (SSSR count). The van der Waals surface area contributed by atoms with Crippen molar-refractivity contribution < 1.29 is 0 Å². The Balaban J connectivity index is 3.70. The van der Waals surface area contributed by atoms with Crippen LogP contribution < -0.4 is 16.2 Å². The maximum Gasteiger partial charge on any atom is 0.0129 e. The maximum atomic E-state index is 5.80. The van der Waals surface area contributed by atoms with Gasteiger partial charge in [-0.3, -0.25) is 0 Å². The number of rotatable bonds is 1. The summed E-state index contributed by atoms with van der Waals surface area (Å²) in [5, 5.41) is 2.04. The van der Waals surface area contributed by atoms with Crippen molar-refractivity contribution in [3.05, 3.63) is 40.3 Å². The molecule has 0 aliphatic heterocycles. The minimum atomic E-state index is 0.807. The van der Waals surface area contributed by atoms with Gasteiger partial charge in [0.25, 0.3) is 0 Å². The molecule has 0 aliphatic rings. The molecular formula is C13H17N. The molecule has 0 atom stereocenters. The zero-order valence-electron chi connectivity index (χ0n) is 9.15. The summed E-state index contributed by atoms with van der Waals surface area (Å²) >= 11 is 0. The van der Waals surface area contributed by atoms with Crippen LogP contribution >= 0.6 is 0 Å². The second-order valence-corrected chi connectivity index (χ2v) is 3.78. The standard InChI is InChI=1S/C13H17N/c1-8(2)12-6-9(3)10(4)13(7-12)11(5)14/h6-7H,1,4,14H2,2-3,5H3/b13-11+. The van der Waals surface area contributed by atoms with Crippen LogP contribution in [0.3, 0.4) is 0 Å². The van der Waals surface area contributed by atoms with Crippen LogP contribution in [0.25, 0.3) is 17.8 Å². The molecule has 1 nitrogen and oxygen atoms in total. The topological polar surface area (TPSA) is 26.0 Å². The molecule has 1 aromatic carbocycles. The fourth-order valence-corrected chi connectivity index (χ4v) is 1.42. The summed E-state index contributed by atoms with van der Waals surface area (Å²) in [4.78, 5) is 0. The highest BCUT2D eigenvalue weighted by Gasteiger charge is 1.98. The van der Waals surface area contributed by atoms with Gasteiger partial charge >= 0.3 is 0 Å². The largest absolute Gasteiger partial charge is 0.402 e. The summed E-state index contributed by atoms with van der Waals surface area (Å²) in [7, 11) is 0. The number of benzene rings is 1. The minimum Gasteiger partial charge on any atom is -0.402 e. The van der Waals surface area contributed by atoms with E-state index in [2.05, 4.69) is 19.2 Å². The molecule has 0 unspecified atom stereocenters. The van der Waals surface area contributed by atoms with Crippen LogP contribution in [-0.2, 0) is 0 Å². The van der Waals surface area contributed by atoms with E-state index >= 15 is 0 Å². The normalized spacial score (nSPS) is 12.5. The molecular weight excluding hydrogens is 170 g/mol. The zero-order valence-corrected chi connectivity index (χ0v) is 9.15. The van der Waals surface area contributed by atoms with E-state index in [1.807, 2.05) is 26.8 Å². The maximum absolute atomic E-state index is 5.80. The molecule has 14 heavy (non-hydrogen) atoms. The van der Waals surface area contributed by atoms with Gasteiger partial charge in [0.1, 0.15) is 0 Å². The molecule has 0 fully saturated rings. The van der Waals surface area contributed by atoms with Gasteiger partial charge in [-0.25, -0.2) is 0 Å². The third kappa shape index (κ3) is 1.87. The first-order chi connectivity index (χ1) is 6.43. The second-order valence-electron chi connectivity index (χ2n) is 3.78. The van der Waals surface area contributed by atoms with Crippen LogP contribution in [0.2, 0.25) is 0 Å². The van der Waals surface area contributed by atoms with Gasteiger partial charge in [-0.05, 0) is 43.2 Å². The molecule has 0 heterocycles. The van der Waals surface area contributed by atoms with Crippen molar-refractivity contribution in [1.82, 2.24) is 0 Å². The molecule has 74 valence electrons. The minimum absolute atomic E-state index is 0.807. The number of allylic oxidation sites excluding steroid dienone is 1. The predicted octanol–water partition coefficient (Wildman–Crippen LogP) is 1.53. The van der Waals surface area contributed by atoms with Gasteiger partial charge in [0.05, 0.1) is 0 Å². The van der Waals surface area contributed by atoms with E-state index in [0.717, 1.165) is 32.8 Å². The van der Waals surface area contributed by atoms with Crippen LogP contribution in [-0.4, -0.2) is 0 Å². The van der Waals surface area contributed by atoms with Gasteiger partial charge in [-0.2, -0.15) is 0 Å². The monoisotopic (exact) mass is 187 g/mol. The van der Waals surface area contributed by atoms with Crippen molar-refractivity contribution in [2.45, 2.75) is 20.8 Å². The molecule has 0 saturated carbocycles. The van der Waals surface area contributed by atoms with Crippen LogP contribution in [0.1, 0.15) is 25.0 Å². The molecule has 2 N–H and O–H groups in total. The van der Waals surface area contributed by atoms with E-state index in [0.29, 0.717) is 0 Å².